The molecule has 0 saturated heterocycles. The smallest absolute Gasteiger partial charge is 0.186 e. The third-order valence-corrected chi connectivity index (χ3v) is 4.14. The molecular weight excluding hydrogens is 230 g/mol. The number of thiophene rings is 1. The summed E-state index contributed by atoms with van der Waals surface area (Å²) in [4.78, 5) is 16.6. The highest BCUT2D eigenvalue weighted by Crippen LogP contribution is 2.18. The summed E-state index contributed by atoms with van der Waals surface area (Å²) in [5.74, 6) is 0.261. The summed E-state index contributed by atoms with van der Waals surface area (Å²) < 4.78 is 0. The van der Waals surface area contributed by atoms with E-state index in [9.17, 15) is 4.79 Å². The van der Waals surface area contributed by atoms with Gasteiger partial charge in [0.05, 0.1) is 11.4 Å². The van der Waals surface area contributed by atoms with E-state index in [2.05, 4.69) is 38.7 Å². The minimum atomic E-state index is 0.261. The molecule has 0 radical (unpaired) electrons. The lowest BCUT2D eigenvalue weighted by Gasteiger charge is -2.24. The third kappa shape index (κ3) is 4.25. The van der Waals surface area contributed by atoms with E-state index in [0.29, 0.717) is 12.6 Å². The van der Waals surface area contributed by atoms with Gasteiger partial charge in [-0.1, -0.05) is 13.8 Å². The second-order valence-electron chi connectivity index (χ2n) is 4.61. The molecule has 96 valence electrons. The number of ketones is 1. The maximum atomic E-state index is 12.1. The molecule has 0 fully saturated rings. The summed E-state index contributed by atoms with van der Waals surface area (Å²) in [5.41, 5.74) is 0. The number of aryl methyl sites for hydroxylation is 1. The van der Waals surface area contributed by atoms with Crippen molar-refractivity contribution in [2.24, 2.45) is 0 Å². The summed E-state index contributed by atoms with van der Waals surface area (Å²) in [6.07, 6.45) is 2.11. The third-order valence-electron chi connectivity index (χ3n) is 2.87. The van der Waals surface area contributed by atoms with Gasteiger partial charge in [-0.3, -0.25) is 9.69 Å². The predicted molar refractivity (Wildman–Crippen MR) is 75.0 cm³/mol. The molecule has 0 aliphatic heterocycles. The van der Waals surface area contributed by atoms with E-state index < -0.39 is 0 Å². The second-order valence-corrected chi connectivity index (χ2v) is 5.78. The van der Waals surface area contributed by atoms with Crippen LogP contribution in [0.3, 0.4) is 0 Å². The van der Waals surface area contributed by atoms with E-state index in [1.54, 1.807) is 11.3 Å². The van der Waals surface area contributed by atoms with Crippen LogP contribution in [0.15, 0.2) is 12.1 Å². The first kappa shape index (κ1) is 14.4. The van der Waals surface area contributed by atoms with Gasteiger partial charge in [0.25, 0.3) is 0 Å². The van der Waals surface area contributed by atoms with Gasteiger partial charge in [0, 0.05) is 10.9 Å². The number of hydrogen-bond donors (Lipinski definition) is 0. The van der Waals surface area contributed by atoms with Crippen LogP contribution in [0.2, 0.25) is 0 Å². The molecule has 3 heteroatoms. The van der Waals surface area contributed by atoms with E-state index in [1.807, 2.05) is 6.07 Å². The van der Waals surface area contributed by atoms with Gasteiger partial charge in [0.2, 0.25) is 0 Å². The minimum Gasteiger partial charge on any atom is -0.293 e. The molecule has 0 aromatic carbocycles. The Balaban J connectivity index is 2.63. The van der Waals surface area contributed by atoms with Gasteiger partial charge in [0.1, 0.15) is 0 Å². The normalized spacial score (nSPS) is 11.4. The van der Waals surface area contributed by atoms with Gasteiger partial charge < -0.3 is 0 Å². The highest BCUT2D eigenvalue weighted by Gasteiger charge is 2.15. The van der Waals surface area contributed by atoms with Crippen LogP contribution in [0.5, 0.6) is 0 Å². The van der Waals surface area contributed by atoms with Gasteiger partial charge >= 0.3 is 0 Å². The molecule has 0 unspecified atom stereocenters. The molecule has 17 heavy (non-hydrogen) atoms. The topological polar surface area (TPSA) is 20.3 Å². The number of hydrogen-bond acceptors (Lipinski definition) is 3. The van der Waals surface area contributed by atoms with Crippen LogP contribution in [-0.2, 0) is 6.42 Å². The number of nitrogens with zero attached hydrogens (tertiary/aromatic N) is 1. The van der Waals surface area contributed by atoms with Gasteiger partial charge in [-0.05, 0) is 45.4 Å². The van der Waals surface area contributed by atoms with Crippen LogP contribution in [0.1, 0.15) is 48.7 Å². The Kier molecular flexibility index (Phi) is 5.86. The molecule has 1 rings (SSSR count). The summed E-state index contributed by atoms with van der Waals surface area (Å²) >= 11 is 1.64. The number of carbonyl (C=O) groups is 1. The Morgan fingerprint density at radius 2 is 2.06 bits per heavy atom. The van der Waals surface area contributed by atoms with Gasteiger partial charge in [-0.15, -0.1) is 11.3 Å². The Morgan fingerprint density at radius 1 is 1.35 bits per heavy atom. The molecule has 0 amide bonds. The van der Waals surface area contributed by atoms with Crippen molar-refractivity contribution in [1.82, 2.24) is 4.90 Å². The lowest BCUT2D eigenvalue weighted by atomic mass is 10.2. The molecule has 1 aromatic heterocycles. The Labute approximate surface area is 109 Å². The molecule has 0 aliphatic carbocycles. The largest absolute Gasteiger partial charge is 0.293 e. The molecule has 1 heterocycles. The molecule has 0 bridgehead atoms. The fourth-order valence-corrected chi connectivity index (χ4v) is 2.66. The molecule has 0 spiro atoms. The van der Waals surface area contributed by atoms with Crippen molar-refractivity contribution >= 4 is 17.1 Å². The van der Waals surface area contributed by atoms with Gasteiger partial charge in [-0.2, -0.15) is 0 Å². The highest BCUT2D eigenvalue weighted by molar-refractivity contribution is 7.14. The van der Waals surface area contributed by atoms with E-state index in [4.69, 9.17) is 0 Å². The molecular formula is C14H23NOS. The van der Waals surface area contributed by atoms with Crippen molar-refractivity contribution in [1.29, 1.82) is 0 Å². The maximum absolute atomic E-state index is 12.1. The molecule has 0 N–H and O–H groups in total. The fraction of sp³-hybridized carbons (Fsp3) is 0.643. The summed E-state index contributed by atoms with van der Waals surface area (Å²) in [6, 6.07) is 4.47. The predicted octanol–water partition coefficient (Wildman–Crippen LogP) is 3.61. The van der Waals surface area contributed by atoms with Crippen LogP contribution < -0.4 is 0 Å². The molecule has 0 aliphatic rings. The average Bonchev–Trinajstić information content (AvgIpc) is 2.76. The van der Waals surface area contributed by atoms with Gasteiger partial charge in [-0.25, -0.2) is 0 Å². The summed E-state index contributed by atoms with van der Waals surface area (Å²) in [6.45, 7) is 10.1. The lowest BCUT2D eigenvalue weighted by molar-refractivity contribution is 0.0910. The molecule has 0 atom stereocenters. The average molecular weight is 253 g/mol. The maximum Gasteiger partial charge on any atom is 0.186 e. The number of Topliss-reactive ketones (excluding diaryl/α,β-unsaturated/α-hetero) is 1. The second kappa shape index (κ2) is 6.92. The van der Waals surface area contributed by atoms with Crippen LogP contribution in [0.4, 0.5) is 0 Å². The first-order valence-electron chi connectivity index (χ1n) is 6.44. The van der Waals surface area contributed by atoms with Crippen molar-refractivity contribution in [3.8, 4) is 0 Å². The van der Waals surface area contributed by atoms with Crippen molar-refractivity contribution in [3.05, 3.63) is 21.9 Å². The standard InChI is InChI=1S/C14H23NOS/c1-5-9-15(11(3)4)10-13(16)14-8-7-12(6-2)17-14/h7-8,11H,5-6,9-10H2,1-4H3. The Morgan fingerprint density at radius 3 is 2.53 bits per heavy atom. The van der Waals surface area contributed by atoms with E-state index in [0.717, 1.165) is 24.3 Å². The zero-order valence-electron chi connectivity index (χ0n) is 11.3. The first-order chi connectivity index (χ1) is 8.08. The van der Waals surface area contributed by atoms with Crippen LogP contribution >= 0.6 is 11.3 Å². The van der Waals surface area contributed by atoms with Crippen LogP contribution in [0, 0.1) is 0 Å². The van der Waals surface area contributed by atoms with Gasteiger partial charge in [0.15, 0.2) is 5.78 Å². The van der Waals surface area contributed by atoms with Crippen molar-refractivity contribution in [2.75, 3.05) is 13.1 Å². The van der Waals surface area contributed by atoms with Crippen LogP contribution in [0.25, 0.3) is 0 Å². The zero-order chi connectivity index (χ0) is 12.8. The number of rotatable bonds is 7. The molecule has 2 nitrogen and oxygen atoms in total. The Bertz CT molecular complexity index is 357. The van der Waals surface area contributed by atoms with E-state index in [1.165, 1.54) is 4.88 Å². The quantitative estimate of drug-likeness (QED) is 0.692. The monoisotopic (exact) mass is 253 g/mol. The molecule has 0 saturated carbocycles. The summed E-state index contributed by atoms with van der Waals surface area (Å²) in [5, 5.41) is 0. The van der Waals surface area contributed by atoms with Crippen LogP contribution in [-0.4, -0.2) is 29.8 Å². The lowest BCUT2D eigenvalue weighted by Crippen LogP contribution is -2.36. The van der Waals surface area contributed by atoms with Crippen molar-refractivity contribution in [2.45, 2.75) is 46.6 Å². The zero-order valence-corrected chi connectivity index (χ0v) is 12.1. The minimum absolute atomic E-state index is 0.261. The van der Waals surface area contributed by atoms with Crippen molar-refractivity contribution in [3.63, 3.8) is 0 Å². The van der Waals surface area contributed by atoms with E-state index >= 15 is 0 Å². The fourth-order valence-electron chi connectivity index (χ4n) is 1.79. The van der Waals surface area contributed by atoms with E-state index in [-0.39, 0.29) is 5.78 Å². The summed E-state index contributed by atoms with van der Waals surface area (Å²) in [7, 11) is 0. The number of carbonyl (C=O) groups excluding carboxylic acids is 1. The first-order valence-corrected chi connectivity index (χ1v) is 7.26. The molecule has 1 aromatic rings. The highest BCUT2D eigenvalue weighted by atomic mass is 32.1. The Hall–Kier alpha value is -0.670. The SMILES string of the molecule is CCCN(CC(=O)c1ccc(CC)s1)C(C)C. The van der Waals surface area contributed by atoms with Crippen molar-refractivity contribution < 1.29 is 4.79 Å².